The van der Waals surface area contributed by atoms with Crippen molar-refractivity contribution < 1.29 is 4.79 Å². The maximum Gasteiger partial charge on any atom is 0.259 e. The predicted molar refractivity (Wildman–Crippen MR) is 119 cm³/mol. The van der Waals surface area contributed by atoms with E-state index < -0.39 is 0 Å². The van der Waals surface area contributed by atoms with E-state index in [0.717, 1.165) is 22.5 Å². The lowest BCUT2D eigenvalue weighted by molar-refractivity contribution is 0.102. The molecule has 2 aromatic carbocycles. The minimum Gasteiger partial charge on any atom is -0.322 e. The zero-order valence-corrected chi connectivity index (χ0v) is 17.1. The number of rotatable bonds is 5. The fourth-order valence-electron chi connectivity index (χ4n) is 3.37. The molecule has 0 saturated carbocycles. The number of benzene rings is 2. The van der Waals surface area contributed by atoms with Crippen molar-refractivity contribution in [2.45, 2.75) is 6.92 Å². The van der Waals surface area contributed by atoms with Gasteiger partial charge in [0.05, 0.1) is 16.9 Å². The molecule has 5 rings (SSSR count). The molecule has 9 heteroatoms. The van der Waals surface area contributed by atoms with Crippen LogP contribution in [-0.2, 0) is 0 Å². The van der Waals surface area contributed by atoms with Gasteiger partial charge in [-0.25, -0.2) is 9.36 Å². The van der Waals surface area contributed by atoms with E-state index in [0.29, 0.717) is 16.9 Å². The molecule has 3 heterocycles. The van der Waals surface area contributed by atoms with Crippen molar-refractivity contribution in [1.82, 2.24) is 35.0 Å². The van der Waals surface area contributed by atoms with Gasteiger partial charge in [-0.3, -0.25) is 9.78 Å². The first-order valence-electron chi connectivity index (χ1n) is 9.90. The minimum absolute atomic E-state index is 0.280. The van der Waals surface area contributed by atoms with Gasteiger partial charge in [0.1, 0.15) is 12.0 Å². The summed E-state index contributed by atoms with van der Waals surface area (Å²) >= 11 is 0. The monoisotopic (exact) mass is 422 g/mol. The second kappa shape index (κ2) is 8.23. The number of nitrogens with one attached hydrogen (secondary N) is 1. The number of carbonyl (C=O) groups excluding carboxylic acids is 1. The summed E-state index contributed by atoms with van der Waals surface area (Å²) in [6.07, 6.45) is 6.61. The molecule has 0 aliphatic carbocycles. The molecular weight excluding hydrogens is 404 g/mol. The summed E-state index contributed by atoms with van der Waals surface area (Å²) in [6, 6.07) is 18.9. The number of aromatic nitrogens is 7. The van der Waals surface area contributed by atoms with E-state index in [9.17, 15) is 4.79 Å². The topological polar surface area (TPSA) is 103 Å². The third kappa shape index (κ3) is 3.74. The molecular formula is C23H18N8O. The number of carbonyl (C=O) groups is 1. The highest BCUT2D eigenvalue weighted by Gasteiger charge is 2.19. The van der Waals surface area contributed by atoms with E-state index in [1.165, 1.54) is 6.33 Å². The lowest BCUT2D eigenvalue weighted by atomic mass is 10.1. The molecule has 1 amide bonds. The second-order valence-corrected chi connectivity index (χ2v) is 7.12. The van der Waals surface area contributed by atoms with Gasteiger partial charge in [-0.05, 0) is 59.3 Å². The maximum absolute atomic E-state index is 13.3. The smallest absolute Gasteiger partial charge is 0.259 e. The molecule has 9 nitrogen and oxygen atoms in total. The molecule has 3 aromatic heterocycles. The summed E-state index contributed by atoms with van der Waals surface area (Å²) in [5, 5.41) is 18.9. The molecule has 0 bridgehead atoms. The Morgan fingerprint density at radius 3 is 2.62 bits per heavy atom. The molecule has 0 atom stereocenters. The van der Waals surface area contributed by atoms with E-state index in [1.807, 2.05) is 67.6 Å². The van der Waals surface area contributed by atoms with Crippen LogP contribution in [0.25, 0.3) is 22.6 Å². The molecule has 5 aromatic rings. The van der Waals surface area contributed by atoms with E-state index >= 15 is 0 Å². The van der Waals surface area contributed by atoms with Gasteiger partial charge >= 0.3 is 0 Å². The number of hydrogen-bond donors (Lipinski definition) is 1. The fraction of sp³-hybridized carbons (Fsp3) is 0.0435. The quantitative estimate of drug-likeness (QED) is 0.465. The van der Waals surface area contributed by atoms with Crippen molar-refractivity contribution in [3.05, 3.63) is 96.7 Å². The maximum atomic E-state index is 13.3. The zero-order valence-electron chi connectivity index (χ0n) is 17.1. The molecule has 0 aliphatic heterocycles. The van der Waals surface area contributed by atoms with Gasteiger partial charge in [-0.2, -0.15) is 5.10 Å². The Labute approximate surface area is 183 Å². The van der Waals surface area contributed by atoms with Crippen LogP contribution in [0.3, 0.4) is 0 Å². The van der Waals surface area contributed by atoms with Crippen LogP contribution in [0.4, 0.5) is 5.69 Å². The molecule has 0 unspecified atom stereocenters. The SMILES string of the molecule is Cc1ccc(NC(=O)c2cn(-c3ccccc3)nc2-c2cccnc2)cc1-n1cnnn1. The van der Waals surface area contributed by atoms with Crippen LogP contribution >= 0.6 is 0 Å². The van der Waals surface area contributed by atoms with Crippen LogP contribution < -0.4 is 5.32 Å². The molecule has 156 valence electrons. The summed E-state index contributed by atoms with van der Waals surface area (Å²) in [6.45, 7) is 1.95. The Balaban J connectivity index is 1.52. The average Bonchev–Trinajstić information content (AvgIpc) is 3.52. The van der Waals surface area contributed by atoms with Crippen LogP contribution in [0, 0.1) is 6.92 Å². The van der Waals surface area contributed by atoms with Crippen LogP contribution in [0.1, 0.15) is 15.9 Å². The molecule has 0 saturated heterocycles. The Kier molecular flexibility index (Phi) is 4.97. The summed E-state index contributed by atoms with van der Waals surface area (Å²) in [5.41, 5.74) is 4.97. The lowest BCUT2D eigenvalue weighted by Gasteiger charge is -2.09. The predicted octanol–water partition coefficient (Wildman–Crippen LogP) is 3.47. The molecule has 0 aliphatic rings. The Morgan fingerprint density at radius 1 is 1.00 bits per heavy atom. The summed E-state index contributed by atoms with van der Waals surface area (Å²) in [7, 11) is 0. The van der Waals surface area contributed by atoms with Crippen molar-refractivity contribution in [1.29, 1.82) is 0 Å². The van der Waals surface area contributed by atoms with Gasteiger partial charge in [0.25, 0.3) is 5.91 Å². The van der Waals surface area contributed by atoms with E-state index in [-0.39, 0.29) is 5.91 Å². The van der Waals surface area contributed by atoms with Gasteiger partial charge in [0.15, 0.2) is 0 Å². The number of tetrazole rings is 1. The molecule has 0 fully saturated rings. The average molecular weight is 422 g/mol. The van der Waals surface area contributed by atoms with Crippen LogP contribution in [-0.4, -0.2) is 40.9 Å². The zero-order chi connectivity index (χ0) is 21.9. The van der Waals surface area contributed by atoms with E-state index in [1.54, 1.807) is 28.0 Å². The van der Waals surface area contributed by atoms with Gasteiger partial charge in [-0.15, -0.1) is 5.10 Å². The number of nitrogens with zero attached hydrogens (tertiary/aromatic N) is 7. The summed E-state index contributed by atoms with van der Waals surface area (Å²) < 4.78 is 3.25. The highest BCUT2D eigenvalue weighted by Crippen LogP contribution is 2.25. The number of anilines is 1. The number of para-hydroxylation sites is 1. The third-order valence-corrected chi connectivity index (χ3v) is 4.98. The molecule has 1 N–H and O–H groups in total. The molecule has 0 radical (unpaired) electrons. The first-order valence-corrected chi connectivity index (χ1v) is 9.90. The Bertz CT molecular complexity index is 1360. The van der Waals surface area contributed by atoms with Gasteiger partial charge in [0, 0.05) is 29.8 Å². The van der Waals surface area contributed by atoms with Crippen molar-refractivity contribution in [3.8, 4) is 22.6 Å². The number of hydrogen-bond acceptors (Lipinski definition) is 6. The first-order chi connectivity index (χ1) is 15.7. The second-order valence-electron chi connectivity index (χ2n) is 7.12. The summed E-state index contributed by atoms with van der Waals surface area (Å²) in [5.74, 6) is -0.280. The molecule has 32 heavy (non-hydrogen) atoms. The number of amides is 1. The first kappa shape index (κ1) is 19.3. The van der Waals surface area contributed by atoms with Crippen LogP contribution in [0.5, 0.6) is 0 Å². The third-order valence-electron chi connectivity index (χ3n) is 4.98. The lowest BCUT2D eigenvalue weighted by Crippen LogP contribution is -2.13. The summed E-state index contributed by atoms with van der Waals surface area (Å²) in [4.78, 5) is 17.5. The van der Waals surface area contributed by atoms with Gasteiger partial charge in [-0.1, -0.05) is 24.3 Å². The fourth-order valence-corrected chi connectivity index (χ4v) is 3.37. The van der Waals surface area contributed by atoms with Crippen molar-refractivity contribution in [3.63, 3.8) is 0 Å². The van der Waals surface area contributed by atoms with E-state index in [4.69, 9.17) is 0 Å². The van der Waals surface area contributed by atoms with Crippen molar-refractivity contribution in [2.75, 3.05) is 5.32 Å². The highest BCUT2D eigenvalue weighted by atomic mass is 16.1. The van der Waals surface area contributed by atoms with Crippen LogP contribution in [0.2, 0.25) is 0 Å². The molecule has 0 spiro atoms. The standard InChI is InChI=1S/C23H18N8O/c1-16-9-10-18(12-21(16)31-15-25-28-29-31)26-23(32)20-14-30(19-7-3-2-4-8-19)27-22(20)17-6-5-11-24-13-17/h2-15H,1H3,(H,26,32). The van der Waals surface area contributed by atoms with Crippen molar-refractivity contribution in [2.24, 2.45) is 0 Å². The van der Waals surface area contributed by atoms with Gasteiger partial charge < -0.3 is 5.32 Å². The highest BCUT2D eigenvalue weighted by molar-refractivity contribution is 6.08. The van der Waals surface area contributed by atoms with E-state index in [2.05, 4.69) is 30.9 Å². The van der Waals surface area contributed by atoms with Gasteiger partial charge in [0.2, 0.25) is 0 Å². The minimum atomic E-state index is -0.280. The number of aryl methyl sites for hydroxylation is 1. The normalized spacial score (nSPS) is 10.8. The Hall–Kier alpha value is -4.66. The number of pyridine rings is 1. The van der Waals surface area contributed by atoms with Crippen LogP contribution in [0.15, 0.2) is 85.6 Å². The Morgan fingerprint density at radius 2 is 1.88 bits per heavy atom. The van der Waals surface area contributed by atoms with Crippen molar-refractivity contribution >= 4 is 11.6 Å². The largest absolute Gasteiger partial charge is 0.322 e.